The normalized spacial score (nSPS) is 21.0. The van der Waals surface area contributed by atoms with Gasteiger partial charge in [0, 0.05) is 0 Å². The quantitative estimate of drug-likeness (QED) is 0.562. The van der Waals surface area contributed by atoms with Crippen LogP contribution in [0.4, 0.5) is 0 Å². The maximum atomic E-state index is 9.38. The van der Waals surface area contributed by atoms with Gasteiger partial charge in [-0.1, -0.05) is 49.1 Å². The van der Waals surface area contributed by atoms with Gasteiger partial charge in [-0.2, -0.15) is 0 Å². The molecule has 0 radical (unpaired) electrons. The minimum atomic E-state index is -0.538. The van der Waals surface area contributed by atoms with Crippen molar-refractivity contribution in [2.45, 2.75) is 13.0 Å². The van der Waals surface area contributed by atoms with Crippen molar-refractivity contribution in [1.29, 1.82) is 0 Å². The first-order chi connectivity index (χ1) is 7.63. The van der Waals surface area contributed by atoms with E-state index in [0.717, 1.165) is 11.1 Å². The molecule has 1 aliphatic carbocycles. The smallest absolute Gasteiger partial charge is 0.108 e. The number of aliphatic hydroxyl groups is 2. The third-order valence-corrected chi connectivity index (χ3v) is 2.16. The highest BCUT2D eigenvalue weighted by atomic mass is 16.3. The zero-order valence-electron chi connectivity index (χ0n) is 9.30. The molecule has 16 heavy (non-hydrogen) atoms. The summed E-state index contributed by atoms with van der Waals surface area (Å²) in [6, 6.07) is 0. The van der Waals surface area contributed by atoms with Gasteiger partial charge in [-0.15, -0.1) is 0 Å². The molecule has 0 saturated carbocycles. The van der Waals surface area contributed by atoms with Crippen LogP contribution in [-0.4, -0.2) is 16.3 Å². The Kier molecular flexibility index (Phi) is 4.55. The van der Waals surface area contributed by atoms with E-state index in [1.165, 1.54) is 6.08 Å². The van der Waals surface area contributed by atoms with Crippen molar-refractivity contribution in [3.8, 4) is 0 Å². The number of hydrogen-bond acceptors (Lipinski definition) is 2. The molecule has 1 atom stereocenters. The highest BCUT2D eigenvalue weighted by Gasteiger charge is 2.01. The van der Waals surface area contributed by atoms with Crippen molar-refractivity contribution in [2.75, 3.05) is 0 Å². The van der Waals surface area contributed by atoms with Crippen LogP contribution in [0.2, 0.25) is 0 Å². The number of aliphatic hydroxyl groups excluding tert-OH is 2. The lowest BCUT2D eigenvalue weighted by molar-refractivity contribution is 0.272. The summed E-state index contributed by atoms with van der Waals surface area (Å²) >= 11 is 0. The minimum Gasteiger partial charge on any atom is -0.509 e. The summed E-state index contributed by atoms with van der Waals surface area (Å²) in [5.41, 5.74) is 1.94. The van der Waals surface area contributed by atoms with Crippen molar-refractivity contribution >= 4 is 0 Å². The van der Waals surface area contributed by atoms with E-state index in [-0.39, 0.29) is 5.76 Å². The van der Waals surface area contributed by atoms with Crippen molar-refractivity contribution in [3.05, 3.63) is 72.1 Å². The summed E-state index contributed by atoms with van der Waals surface area (Å²) in [7, 11) is 0. The maximum Gasteiger partial charge on any atom is 0.108 e. The highest BCUT2D eigenvalue weighted by Crippen LogP contribution is 2.16. The SMILES string of the molecule is C=C(O)/C=C\C(=C/C)C1=CC=CC(O)C=C1. The molecule has 0 saturated heterocycles. The van der Waals surface area contributed by atoms with Crippen molar-refractivity contribution < 1.29 is 10.2 Å². The Morgan fingerprint density at radius 2 is 2.12 bits per heavy atom. The molecule has 0 aliphatic heterocycles. The molecule has 0 heterocycles. The number of rotatable bonds is 3. The average molecular weight is 216 g/mol. The molecule has 1 unspecified atom stereocenters. The third kappa shape index (κ3) is 3.75. The topological polar surface area (TPSA) is 40.5 Å². The van der Waals surface area contributed by atoms with Gasteiger partial charge < -0.3 is 10.2 Å². The lowest BCUT2D eigenvalue weighted by Gasteiger charge is -2.01. The van der Waals surface area contributed by atoms with Crippen LogP contribution in [0.1, 0.15) is 6.92 Å². The van der Waals surface area contributed by atoms with Gasteiger partial charge in [-0.05, 0) is 24.1 Å². The first kappa shape index (κ1) is 12.3. The number of allylic oxidation sites excluding steroid dienone is 8. The van der Waals surface area contributed by atoms with E-state index in [9.17, 15) is 5.11 Å². The number of hydrogen-bond donors (Lipinski definition) is 2. The molecule has 0 bridgehead atoms. The molecular formula is C14H16O2. The van der Waals surface area contributed by atoms with Crippen LogP contribution in [-0.2, 0) is 0 Å². The Hall–Kier alpha value is -1.80. The van der Waals surface area contributed by atoms with Gasteiger partial charge in [-0.3, -0.25) is 0 Å². The first-order valence-corrected chi connectivity index (χ1v) is 5.11. The van der Waals surface area contributed by atoms with Gasteiger partial charge >= 0.3 is 0 Å². The van der Waals surface area contributed by atoms with Crippen LogP contribution >= 0.6 is 0 Å². The molecule has 2 nitrogen and oxygen atoms in total. The molecule has 0 aromatic rings. The first-order valence-electron chi connectivity index (χ1n) is 5.11. The van der Waals surface area contributed by atoms with Gasteiger partial charge in [0.25, 0.3) is 0 Å². The fourth-order valence-corrected chi connectivity index (χ4v) is 1.33. The lowest BCUT2D eigenvalue weighted by atomic mass is 10.0. The second kappa shape index (κ2) is 5.93. The Labute approximate surface area is 95.9 Å². The summed E-state index contributed by atoms with van der Waals surface area (Å²) in [5, 5.41) is 18.4. The van der Waals surface area contributed by atoms with Gasteiger partial charge in [0.1, 0.15) is 5.76 Å². The summed E-state index contributed by atoms with van der Waals surface area (Å²) in [4.78, 5) is 0. The lowest BCUT2D eigenvalue weighted by Crippen LogP contribution is -1.94. The average Bonchev–Trinajstić information content (AvgIpc) is 2.44. The van der Waals surface area contributed by atoms with E-state index in [4.69, 9.17) is 5.11 Å². The van der Waals surface area contributed by atoms with Gasteiger partial charge in [0.2, 0.25) is 0 Å². The van der Waals surface area contributed by atoms with Crippen LogP contribution in [0, 0.1) is 0 Å². The monoisotopic (exact) mass is 216 g/mol. The predicted octanol–water partition coefficient (Wildman–Crippen LogP) is 2.97. The summed E-state index contributed by atoms with van der Waals surface area (Å²) < 4.78 is 0. The van der Waals surface area contributed by atoms with E-state index < -0.39 is 6.10 Å². The van der Waals surface area contributed by atoms with E-state index in [2.05, 4.69) is 6.58 Å². The molecule has 0 aromatic heterocycles. The molecule has 2 heteroatoms. The molecule has 0 aromatic carbocycles. The van der Waals surface area contributed by atoms with E-state index >= 15 is 0 Å². The van der Waals surface area contributed by atoms with Crippen LogP contribution < -0.4 is 0 Å². The molecule has 84 valence electrons. The fraction of sp³-hybridized carbons (Fsp3) is 0.143. The second-order valence-electron chi connectivity index (χ2n) is 3.43. The molecule has 0 amide bonds. The molecule has 1 aliphatic rings. The molecule has 0 fully saturated rings. The zero-order valence-corrected chi connectivity index (χ0v) is 9.30. The largest absolute Gasteiger partial charge is 0.509 e. The molecular weight excluding hydrogens is 200 g/mol. The second-order valence-corrected chi connectivity index (χ2v) is 3.43. The minimum absolute atomic E-state index is 0.0214. The van der Waals surface area contributed by atoms with Gasteiger partial charge in [0.05, 0.1) is 6.10 Å². The van der Waals surface area contributed by atoms with Gasteiger partial charge in [0.15, 0.2) is 0 Å². The van der Waals surface area contributed by atoms with E-state index in [0.29, 0.717) is 0 Å². The standard InChI is InChI=1S/C14H16O2/c1-3-12(8-7-11(2)15)13-5-4-6-14(16)10-9-13/h3-10,14-16H,2H2,1H3/b8-7-,12-3+. The van der Waals surface area contributed by atoms with E-state index in [1.807, 2.05) is 31.2 Å². The van der Waals surface area contributed by atoms with Crippen LogP contribution in [0.5, 0.6) is 0 Å². The fourth-order valence-electron chi connectivity index (χ4n) is 1.33. The maximum absolute atomic E-state index is 9.38. The van der Waals surface area contributed by atoms with Crippen LogP contribution in [0.3, 0.4) is 0 Å². The molecule has 1 rings (SSSR count). The highest BCUT2D eigenvalue weighted by molar-refractivity contribution is 5.49. The predicted molar refractivity (Wildman–Crippen MR) is 67.0 cm³/mol. The molecule has 2 N–H and O–H groups in total. The zero-order chi connectivity index (χ0) is 12.0. The van der Waals surface area contributed by atoms with Crippen LogP contribution in [0.15, 0.2) is 72.1 Å². The Morgan fingerprint density at radius 3 is 2.75 bits per heavy atom. The van der Waals surface area contributed by atoms with Crippen molar-refractivity contribution in [3.63, 3.8) is 0 Å². The summed E-state index contributed by atoms with van der Waals surface area (Å²) in [5.74, 6) is 0.0214. The van der Waals surface area contributed by atoms with E-state index in [1.54, 1.807) is 18.2 Å². The Bertz CT molecular complexity index is 406. The molecule has 0 spiro atoms. The Balaban J connectivity index is 2.91. The summed E-state index contributed by atoms with van der Waals surface area (Å²) in [6.07, 6.45) is 13.7. The van der Waals surface area contributed by atoms with Crippen molar-refractivity contribution in [1.82, 2.24) is 0 Å². The summed E-state index contributed by atoms with van der Waals surface area (Å²) in [6.45, 7) is 5.30. The Morgan fingerprint density at radius 1 is 1.38 bits per heavy atom. The van der Waals surface area contributed by atoms with Crippen LogP contribution in [0.25, 0.3) is 0 Å². The van der Waals surface area contributed by atoms with Gasteiger partial charge in [-0.25, -0.2) is 0 Å². The third-order valence-electron chi connectivity index (χ3n) is 2.16. The van der Waals surface area contributed by atoms with Crippen molar-refractivity contribution in [2.24, 2.45) is 0 Å².